The zero-order valence-electron chi connectivity index (χ0n) is 38.4. The summed E-state index contributed by atoms with van der Waals surface area (Å²) in [7, 11) is 0. The van der Waals surface area contributed by atoms with Crippen molar-refractivity contribution in [3.8, 4) is 33.4 Å². The molecule has 0 aliphatic heterocycles. The fraction of sp³-hybridized carbons (Fsp3) is 0.213. The van der Waals surface area contributed by atoms with E-state index >= 15 is 0 Å². The predicted octanol–water partition coefficient (Wildman–Crippen LogP) is 16.8. The molecular formula is C61H56N2. The standard InChI is InChI=1S/C61H56N2/c1-37-15-11-19-41(27-37)62(42-20-12-16-38(2)28-42)45-23-25-47-49-33-57-51(35-55(49)59(5,6)53(47)31-45)52-36-56-50(34-58(52)61(57,9)10)48-26-24-46(32-54(48)60(56,7)8)63(43-21-13-17-39(3)29-43)44-22-14-18-40(4)30-44/h11-36H,1-10H3. The Labute approximate surface area is 374 Å². The molecule has 0 spiro atoms. The third-order valence-corrected chi connectivity index (χ3v) is 14.8. The molecule has 63 heavy (non-hydrogen) atoms. The van der Waals surface area contributed by atoms with Crippen molar-refractivity contribution in [1.82, 2.24) is 0 Å². The van der Waals surface area contributed by atoms with Gasteiger partial charge in [0.25, 0.3) is 0 Å². The molecular weight excluding hydrogens is 761 g/mol. The molecule has 0 radical (unpaired) electrons. The van der Waals surface area contributed by atoms with Crippen LogP contribution in [0.4, 0.5) is 34.1 Å². The van der Waals surface area contributed by atoms with Crippen LogP contribution in [0, 0.1) is 27.7 Å². The molecule has 0 bridgehead atoms. The number of rotatable bonds is 6. The number of benzene rings is 8. The molecule has 11 rings (SSSR count). The highest BCUT2D eigenvalue weighted by Gasteiger charge is 2.45. The van der Waals surface area contributed by atoms with Crippen molar-refractivity contribution in [3.63, 3.8) is 0 Å². The number of hydrogen-bond acceptors (Lipinski definition) is 2. The molecule has 0 N–H and O–H groups in total. The summed E-state index contributed by atoms with van der Waals surface area (Å²) in [6.07, 6.45) is 0. The van der Waals surface area contributed by atoms with Crippen molar-refractivity contribution >= 4 is 34.1 Å². The maximum absolute atomic E-state index is 2.57. The van der Waals surface area contributed by atoms with Crippen LogP contribution in [-0.2, 0) is 16.2 Å². The Bertz CT molecular complexity index is 2910. The molecule has 8 aromatic carbocycles. The lowest BCUT2D eigenvalue weighted by molar-refractivity contribution is 0.649. The molecule has 0 saturated carbocycles. The van der Waals surface area contributed by atoms with Gasteiger partial charge in [-0.15, -0.1) is 0 Å². The van der Waals surface area contributed by atoms with Crippen LogP contribution in [0.3, 0.4) is 0 Å². The van der Waals surface area contributed by atoms with Gasteiger partial charge in [-0.05, 0) is 214 Å². The van der Waals surface area contributed by atoms with E-state index in [1.165, 1.54) is 123 Å². The number of fused-ring (bicyclic) bond motifs is 9. The average molecular weight is 817 g/mol. The fourth-order valence-corrected chi connectivity index (χ4v) is 11.4. The minimum absolute atomic E-state index is 0.158. The van der Waals surface area contributed by atoms with Gasteiger partial charge in [-0.1, -0.05) is 102 Å². The van der Waals surface area contributed by atoms with E-state index in [9.17, 15) is 0 Å². The summed E-state index contributed by atoms with van der Waals surface area (Å²) in [6, 6.07) is 60.1. The van der Waals surface area contributed by atoms with Gasteiger partial charge in [0.1, 0.15) is 0 Å². The van der Waals surface area contributed by atoms with E-state index in [2.05, 4.69) is 237 Å². The first kappa shape index (κ1) is 39.2. The lowest BCUT2D eigenvalue weighted by atomic mass is 9.78. The summed E-state index contributed by atoms with van der Waals surface area (Å²) in [5.74, 6) is 0. The van der Waals surface area contributed by atoms with Gasteiger partial charge in [-0.25, -0.2) is 0 Å². The fourth-order valence-electron chi connectivity index (χ4n) is 11.4. The summed E-state index contributed by atoms with van der Waals surface area (Å²) >= 11 is 0. The molecule has 2 nitrogen and oxygen atoms in total. The Morgan fingerprint density at radius 2 is 0.492 bits per heavy atom. The van der Waals surface area contributed by atoms with Gasteiger partial charge in [-0.2, -0.15) is 0 Å². The van der Waals surface area contributed by atoms with Crippen molar-refractivity contribution < 1.29 is 0 Å². The molecule has 0 saturated heterocycles. The smallest absolute Gasteiger partial charge is 0.0465 e. The first-order valence-corrected chi connectivity index (χ1v) is 22.7. The second kappa shape index (κ2) is 13.7. The van der Waals surface area contributed by atoms with Gasteiger partial charge in [0, 0.05) is 50.4 Å². The van der Waals surface area contributed by atoms with Crippen LogP contribution in [0.25, 0.3) is 33.4 Å². The summed E-state index contributed by atoms with van der Waals surface area (Å²) < 4.78 is 0. The summed E-state index contributed by atoms with van der Waals surface area (Å²) in [5, 5.41) is 0. The van der Waals surface area contributed by atoms with Gasteiger partial charge < -0.3 is 9.80 Å². The van der Waals surface area contributed by atoms with Crippen LogP contribution in [0.5, 0.6) is 0 Å². The van der Waals surface area contributed by atoms with Gasteiger partial charge in [0.15, 0.2) is 0 Å². The molecule has 0 atom stereocenters. The number of nitrogens with zero attached hydrogens (tertiary/aromatic N) is 2. The first-order valence-electron chi connectivity index (χ1n) is 22.7. The largest absolute Gasteiger partial charge is 0.310 e. The number of hydrogen-bond donors (Lipinski definition) is 0. The second-order valence-electron chi connectivity index (χ2n) is 20.2. The van der Waals surface area contributed by atoms with Gasteiger partial charge in [0.2, 0.25) is 0 Å². The zero-order chi connectivity index (χ0) is 43.7. The molecule has 0 heterocycles. The molecule has 0 unspecified atom stereocenters. The molecule has 3 aliphatic rings. The van der Waals surface area contributed by atoms with Gasteiger partial charge in [-0.3, -0.25) is 0 Å². The van der Waals surface area contributed by atoms with Crippen molar-refractivity contribution in [2.45, 2.75) is 85.5 Å². The summed E-state index contributed by atoms with van der Waals surface area (Å²) in [4.78, 5) is 4.84. The summed E-state index contributed by atoms with van der Waals surface area (Å²) in [6.45, 7) is 23.3. The van der Waals surface area contributed by atoms with Crippen LogP contribution >= 0.6 is 0 Å². The lowest BCUT2D eigenvalue weighted by Gasteiger charge is -2.28. The van der Waals surface area contributed by atoms with E-state index in [1.807, 2.05) is 0 Å². The molecule has 0 fully saturated rings. The number of anilines is 6. The van der Waals surface area contributed by atoms with Crippen LogP contribution in [0.2, 0.25) is 0 Å². The molecule has 310 valence electrons. The molecule has 8 aromatic rings. The van der Waals surface area contributed by atoms with Crippen molar-refractivity contribution in [1.29, 1.82) is 0 Å². The first-order chi connectivity index (χ1) is 30.1. The van der Waals surface area contributed by atoms with Crippen LogP contribution < -0.4 is 9.80 Å². The monoisotopic (exact) mass is 816 g/mol. The molecule has 0 aromatic heterocycles. The van der Waals surface area contributed by atoms with E-state index < -0.39 is 0 Å². The van der Waals surface area contributed by atoms with Crippen LogP contribution in [0.15, 0.2) is 158 Å². The highest BCUT2D eigenvalue weighted by atomic mass is 15.1. The average Bonchev–Trinajstić information content (AvgIpc) is 3.71. The van der Waals surface area contributed by atoms with E-state index in [0.717, 1.165) is 0 Å². The Morgan fingerprint density at radius 1 is 0.254 bits per heavy atom. The Morgan fingerprint density at radius 3 is 0.762 bits per heavy atom. The maximum Gasteiger partial charge on any atom is 0.0465 e. The normalized spacial score (nSPS) is 15.2. The second-order valence-corrected chi connectivity index (χ2v) is 20.2. The lowest BCUT2D eigenvalue weighted by Crippen LogP contribution is -2.18. The SMILES string of the molecule is Cc1cccc(N(c2cccc(C)c2)c2ccc3c(c2)C(C)(C)c2cc4c(cc2-3)C(C)(C)c2cc3c(cc2-4)C(C)(C)c2cc(N(c4cccc(C)c4)c4cccc(C)c4)ccc2-3)c1. The Balaban J connectivity index is 1.01. The van der Waals surface area contributed by atoms with E-state index in [1.54, 1.807) is 0 Å². The predicted molar refractivity (Wildman–Crippen MR) is 267 cm³/mol. The maximum atomic E-state index is 2.57. The van der Waals surface area contributed by atoms with E-state index in [4.69, 9.17) is 0 Å². The topological polar surface area (TPSA) is 6.48 Å². The molecule has 3 aliphatic carbocycles. The third kappa shape index (κ3) is 5.91. The molecule has 2 heteroatoms. The van der Waals surface area contributed by atoms with Crippen molar-refractivity contribution in [2.24, 2.45) is 0 Å². The van der Waals surface area contributed by atoms with Gasteiger partial charge >= 0.3 is 0 Å². The van der Waals surface area contributed by atoms with E-state index in [0.29, 0.717) is 0 Å². The van der Waals surface area contributed by atoms with Crippen LogP contribution in [0.1, 0.15) is 97.2 Å². The van der Waals surface area contributed by atoms with E-state index in [-0.39, 0.29) is 16.2 Å². The zero-order valence-corrected chi connectivity index (χ0v) is 38.4. The quantitative estimate of drug-likeness (QED) is 0.165. The van der Waals surface area contributed by atoms with Crippen molar-refractivity contribution in [2.75, 3.05) is 9.80 Å². The minimum Gasteiger partial charge on any atom is -0.310 e. The highest BCUT2D eigenvalue weighted by molar-refractivity contribution is 5.95. The Hall–Kier alpha value is -6.64. The third-order valence-electron chi connectivity index (χ3n) is 14.8. The van der Waals surface area contributed by atoms with Crippen LogP contribution in [-0.4, -0.2) is 0 Å². The van der Waals surface area contributed by atoms with Crippen molar-refractivity contribution in [3.05, 3.63) is 213 Å². The Kier molecular flexibility index (Phi) is 8.52. The minimum atomic E-state index is -0.184. The summed E-state index contributed by atoms with van der Waals surface area (Å²) in [5.41, 5.74) is 28.2. The molecule has 0 amide bonds. The van der Waals surface area contributed by atoms with Gasteiger partial charge in [0.05, 0.1) is 0 Å². The highest BCUT2D eigenvalue weighted by Crippen LogP contribution is 2.60. The number of aryl methyl sites for hydroxylation is 4.